The van der Waals surface area contributed by atoms with Crippen LogP contribution >= 0.6 is 0 Å². The van der Waals surface area contributed by atoms with E-state index < -0.39 is 10.0 Å². The van der Waals surface area contributed by atoms with Gasteiger partial charge in [-0.3, -0.25) is 9.10 Å². The number of anilines is 2. The van der Waals surface area contributed by atoms with Crippen LogP contribution < -0.4 is 9.21 Å². The zero-order chi connectivity index (χ0) is 20.3. The Morgan fingerprint density at radius 2 is 1.48 bits per heavy atom. The summed E-state index contributed by atoms with van der Waals surface area (Å²) in [4.78, 5) is 15.1. The van der Waals surface area contributed by atoms with Crippen molar-refractivity contribution in [3.8, 4) is 0 Å². The van der Waals surface area contributed by atoms with E-state index in [0.29, 0.717) is 12.2 Å². The summed E-state index contributed by atoms with van der Waals surface area (Å²) in [5, 5.41) is 0. The number of carbonyl (C=O) groups excluding carboxylic acids is 1. The second kappa shape index (κ2) is 8.09. The molecule has 1 amide bonds. The molecule has 1 heterocycles. The highest BCUT2D eigenvalue weighted by Gasteiger charge is 2.30. The highest BCUT2D eigenvalue weighted by atomic mass is 32.2. The summed E-state index contributed by atoms with van der Waals surface area (Å²) in [6.45, 7) is 0.333. The molecule has 0 N–H and O–H groups in total. The molecule has 0 radical (unpaired) electrons. The number of fused-ring (bicyclic) bond motifs is 1. The summed E-state index contributed by atoms with van der Waals surface area (Å²) in [7, 11) is -3.88. The zero-order valence-corrected chi connectivity index (χ0v) is 16.8. The number of hydrogen-bond donors (Lipinski definition) is 0. The molecule has 0 bridgehead atoms. The minimum atomic E-state index is -3.88. The van der Waals surface area contributed by atoms with Crippen LogP contribution in [0.1, 0.15) is 12.0 Å². The first-order valence-corrected chi connectivity index (χ1v) is 11.0. The van der Waals surface area contributed by atoms with Crippen molar-refractivity contribution in [3.05, 3.63) is 90.5 Å². The molecule has 6 heteroatoms. The molecule has 0 fully saturated rings. The van der Waals surface area contributed by atoms with Crippen molar-refractivity contribution in [2.75, 3.05) is 22.3 Å². The first-order valence-electron chi connectivity index (χ1n) is 9.58. The zero-order valence-electron chi connectivity index (χ0n) is 15.9. The maximum Gasteiger partial charge on any atom is 0.264 e. The number of benzene rings is 3. The van der Waals surface area contributed by atoms with E-state index in [4.69, 9.17) is 0 Å². The van der Waals surface area contributed by atoms with E-state index in [0.717, 1.165) is 24.1 Å². The second-order valence-electron chi connectivity index (χ2n) is 6.94. The summed E-state index contributed by atoms with van der Waals surface area (Å²) in [5.41, 5.74) is 2.45. The third-order valence-corrected chi connectivity index (χ3v) is 6.85. The van der Waals surface area contributed by atoms with Gasteiger partial charge in [-0.1, -0.05) is 54.6 Å². The van der Waals surface area contributed by atoms with Gasteiger partial charge in [0.2, 0.25) is 5.91 Å². The maximum absolute atomic E-state index is 13.4. The molecule has 148 valence electrons. The van der Waals surface area contributed by atoms with Gasteiger partial charge in [-0.05, 0) is 48.7 Å². The van der Waals surface area contributed by atoms with Gasteiger partial charge in [-0.25, -0.2) is 8.42 Å². The van der Waals surface area contributed by atoms with E-state index in [1.165, 1.54) is 4.31 Å². The molecule has 5 nitrogen and oxygen atoms in total. The van der Waals surface area contributed by atoms with Gasteiger partial charge in [0.05, 0.1) is 10.6 Å². The fourth-order valence-electron chi connectivity index (χ4n) is 3.63. The smallest absolute Gasteiger partial charge is 0.264 e. The van der Waals surface area contributed by atoms with E-state index in [1.807, 2.05) is 30.3 Å². The third-order valence-electron chi connectivity index (χ3n) is 5.07. The average Bonchev–Trinajstić information content (AvgIpc) is 2.78. The van der Waals surface area contributed by atoms with Crippen LogP contribution in [0.4, 0.5) is 11.4 Å². The Bertz CT molecular complexity index is 1100. The normalized spacial score (nSPS) is 13.6. The van der Waals surface area contributed by atoms with Crippen molar-refractivity contribution in [3.63, 3.8) is 0 Å². The molecule has 0 aliphatic carbocycles. The Labute approximate surface area is 171 Å². The van der Waals surface area contributed by atoms with Crippen molar-refractivity contribution in [1.29, 1.82) is 0 Å². The van der Waals surface area contributed by atoms with Gasteiger partial charge in [0, 0.05) is 12.2 Å². The highest BCUT2D eigenvalue weighted by molar-refractivity contribution is 7.92. The Morgan fingerprint density at radius 3 is 2.21 bits per heavy atom. The largest absolute Gasteiger partial charge is 0.311 e. The van der Waals surface area contributed by atoms with Crippen LogP contribution in [0.2, 0.25) is 0 Å². The first kappa shape index (κ1) is 19.2. The molecule has 0 unspecified atom stereocenters. The molecule has 4 rings (SSSR count). The van der Waals surface area contributed by atoms with Crippen LogP contribution in [-0.4, -0.2) is 27.4 Å². The molecule has 3 aromatic carbocycles. The van der Waals surface area contributed by atoms with Crippen LogP contribution in [0.5, 0.6) is 0 Å². The van der Waals surface area contributed by atoms with Gasteiger partial charge in [0.1, 0.15) is 6.54 Å². The van der Waals surface area contributed by atoms with E-state index in [9.17, 15) is 13.2 Å². The van der Waals surface area contributed by atoms with Crippen LogP contribution in [0.3, 0.4) is 0 Å². The van der Waals surface area contributed by atoms with Crippen molar-refractivity contribution in [2.45, 2.75) is 17.7 Å². The van der Waals surface area contributed by atoms with Gasteiger partial charge in [0.15, 0.2) is 0 Å². The molecule has 1 aliphatic heterocycles. The van der Waals surface area contributed by atoms with Crippen molar-refractivity contribution < 1.29 is 13.2 Å². The molecule has 0 saturated heterocycles. The Morgan fingerprint density at radius 1 is 0.862 bits per heavy atom. The van der Waals surface area contributed by atoms with Crippen LogP contribution in [0.25, 0.3) is 0 Å². The van der Waals surface area contributed by atoms with E-state index in [1.54, 1.807) is 59.5 Å². The van der Waals surface area contributed by atoms with Gasteiger partial charge >= 0.3 is 0 Å². The number of hydrogen-bond acceptors (Lipinski definition) is 3. The van der Waals surface area contributed by atoms with Gasteiger partial charge in [-0.15, -0.1) is 0 Å². The molecule has 0 saturated carbocycles. The topological polar surface area (TPSA) is 57.7 Å². The predicted molar refractivity (Wildman–Crippen MR) is 115 cm³/mol. The molecular formula is C23H22N2O3S. The number of rotatable bonds is 5. The lowest BCUT2D eigenvalue weighted by Crippen LogP contribution is -2.45. The number of para-hydroxylation sites is 2. The summed E-state index contributed by atoms with van der Waals surface area (Å²) in [6.07, 6.45) is 1.78. The summed E-state index contributed by atoms with van der Waals surface area (Å²) in [6, 6.07) is 24.8. The maximum atomic E-state index is 13.4. The predicted octanol–water partition coefficient (Wildman–Crippen LogP) is 3.86. The van der Waals surface area contributed by atoms with Crippen molar-refractivity contribution >= 4 is 27.3 Å². The van der Waals surface area contributed by atoms with Gasteiger partial charge in [0.25, 0.3) is 10.0 Å². The standard InChI is InChI=1S/C23H22N2O3S/c26-23(24-17-9-11-19-10-7-8-16-22(19)24)18-25(20-12-3-1-4-13-20)29(27,28)21-14-5-2-6-15-21/h1-8,10,12-16H,9,11,17-18H2. The molecule has 0 aromatic heterocycles. The summed E-state index contributed by atoms with van der Waals surface area (Å²) >= 11 is 0. The SMILES string of the molecule is O=C(CN(c1ccccc1)S(=O)(=O)c1ccccc1)N1CCCc2ccccc21. The van der Waals surface area contributed by atoms with E-state index in [2.05, 4.69) is 0 Å². The van der Waals surface area contributed by atoms with E-state index >= 15 is 0 Å². The van der Waals surface area contributed by atoms with Crippen LogP contribution in [0.15, 0.2) is 89.8 Å². The van der Waals surface area contributed by atoms with Gasteiger partial charge in [-0.2, -0.15) is 0 Å². The number of amides is 1. The lowest BCUT2D eigenvalue weighted by molar-refractivity contribution is -0.117. The number of sulfonamides is 1. The molecular weight excluding hydrogens is 384 g/mol. The minimum absolute atomic E-state index is 0.163. The Balaban J connectivity index is 1.70. The lowest BCUT2D eigenvalue weighted by Gasteiger charge is -2.32. The molecule has 3 aromatic rings. The van der Waals surface area contributed by atoms with Gasteiger partial charge < -0.3 is 4.90 Å². The Hall–Kier alpha value is -3.12. The Kier molecular flexibility index (Phi) is 5.36. The second-order valence-corrected chi connectivity index (χ2v) is 8.80. The van der Waals surface area contributed by atoms with E-state index in [-0.39, 0.29) is 17.3 Å². The highest BCUT2D eigenvalue weighted by Crippen LogP contribution is 2.28. The number of aryl methyl sites for hydroxylation is 1. The molecule has 29 heavy (non-hydrogen) atoms. The summed E-state index contributed by atoms with van der Waals surface area (Å²) in [5.74, 6) is -0.236. The monoisotopic (exact) mass is 406 g/mol. The minimum Gasteiger partial charge on any atom is -0.311 e. The van der Waals surface area contributed by atoms with Crippen molar-refractivity contribution in [2.24, 2.45) is 0 Å². The number of carbonyl (C=O) groups is 1. The molecule has 1 aliphatic rings. The average molecular weight is 407 g/mol. The lowest BCUT2D eigenvalue weighted by atomic mass is 10.0. The quantitative estimate of drug-likeness (QED) is 0.646. The molecule has 0 spiro atoms. The fraction of sp³-hybridized carbons (Fsp3) is 0.174. The van der Waals surface area contributed by atoms with Crippen molar-refractivity contribution in [1.82, 2.24) is 0 Å². The molecule has 0 atom stereocenters. The third kappa shape index (κ3) is 3.89. The number of nitrogens with zero attached hydrogens (tertiary/aromatic N) is 2. The van der Waals surface area contributed by atoms with Crippen LogP contribution in [0, 0.1) is 0 Å². The first-order chi connectivity index (χ1) is 14.1. The summed E-state index contributed by atoms with van der Waals surface area (Å²) < 4.78 is 27.9. The van der Waals surface area contributed by atoms with Crippen LogP contribution in [-0.2, 0) is 21.2 Å². The fourth-order valence-corrected chi connectivity index (χ4v) is 5.07.